The number of hydrogen-bond donors (Lipinski definition) is 1. The third kappa shape index (κ3) is 1.83. The van der Waals surface area contributed by atoms with Gasteiger partial charge in [-0.15, -0.1) is 17.8 Å². The van der Waals surface area contributed by atoms with Gasteiger partial charge in [0.1, 0.15) is 4.88 Å². The Morgan fingerprint density at radius 2 is 1.75 bits per heavy atom. The second-order valence-electron chi connectivity index (χ2n) is 3.19. The molecule has 2 aliphatic rings. The Labute approximate surface area is 97.2 Å². The summed E-state index contributed by atoms with van der Waals surface area (Å²) >= 11 is 1.14. The van der Waals surface area contributed by atoms with Gasteiger partial charge in [0.25, 0.3) is 0 Å². The van der Waals surface area contributed by atoms with Gasteiger partial charge in [-0.05, 0) is 22.6 Å². The molecule has 0 saturated heterocycles. The van der Waals surface area contributed by atoms with Crippen LogP contribution in [0.4, 0.5) is 0 Å². The molecule has 1 aromatic heterocycles. The molecule has 0 radical (unpaired) electrons. The molecular weight excluding hydrogens is 220 g/mol. The second-order valence-corrected chi connectivity index (χ2v) is 4.11. The topological polar surface area (TPSA) is 37.3 Å². The van der Waals surface area contributed by atoms with E-state index in [2.05, 4.69) is 30.2 Å². The normalized spacial score (nSPS) is 9.69. The van der Waals surface area contributed by atoms with Crippen LogP contribution in [0.5, 0.6) is 0 Å². The lowest BCUT2D eigenvalue weighted by atomic mass is 9.95. The fraction of sp³-hybridized carbons (Fsp3) is 0. The molecule has 16 heavy (non-hydrogen) atoms. The Hall–Kier alpha value is -2.05. The Morgan fingerprint density at radius 3 is 2.00 bits per heavy atom. The summed E-state index contributed by atoms with van der Waals surface area (Å²) < 4.78 is 0. The van der Waals surface area contributed by atoms with Gasteiger partial charge in [-0.1, -0.05) is 30.2 Å². The summed E-state index contributed by atoms with van der Waals surface area (Å²) in [5, 5.41) is 10.2. The number of benzene rings is 1. The zero-order chi connectivity index (χ0) is 11.5. The molecular formula is C13H8O2S. The summed E-state index contributed by atoms with van der Waals surface area (Å²) in [6, 6.07) is 10.1. The molecule has 2 aliphatic carbocycles. The van der Waals surface area contributed by atoms with Crippen LogP contribution in [0.15, 0.2) is 35.7 Å². The van der Waals surface area contributed by atoms with Crippen molar-refractivity contribution >= 4 is 17.3 Å². The maximum atomic E-state index is 10.4. The summed E-state index contributed by atoms with van der Waals surface area (Å²) in [5.41, 5.74) is 3.31. The average Bonchev–Trinajstić information content (AvgIpc) is 2.72. The minimum Gasteiger partial charge on any atom is -0.477 e. The van der Waals surface area contributed by atoms with E-state index in [0.717, 1.165) is 11.3 Å². The van der Waals surface area contributed by atoms with Gasteiger partial charge < -0.3 is 5.11 Å². The molecule has 0 amide bonds. The van der Waals surface area contributed by atoms with Crippen LogP contribution in [-0.2, 0) is 0 Å². The number of terminal acetylenes is 1. The Kier molecular flexibility index (Phi) is 2.76. The lowest BCUT2D eigenvalue weighted by Crippen LogP contribution is -1.93. The lowest BCUT2D eigenvalue weighted by Gasteiger charge is -2.10. The molecule has 1 aromatic rings. The highest BCUT2D eigenvalue weighted by molar-refractivity contribution is 7.12. The fourth-order valence-corrected chi connectivity index (χ4v) is 1.95. The van der Waals surface area contributed by atoms with Crippen LogP contribution in [0, 0.1) is 12.3 Å². The molecule has 0 bridgehead atoms. The van der Waals surface area contributed by atoms with Gasteiger partial charge in [-0.25, -0.2) is 4.79 Å². The van der Waals surface area contributed by atoms with E-state index in [1.807, 2.05) is 0 Å². The number of thiophene rings is 1. The van der Waals surface area contributed by atoms with Gasteiger partial charge in [0, 0.05) is 5.56 Å². The molecule has 0 aliphatic heterocycles. The molecule has 1 N–H and O–H groups in total. The summed E-state index contributed by atoms with van der Waals surface area (Å²) in [6.07, 6.45) is 5.03. The minimum atomic E-state index is -0.956. The SMILES string of the molecule is C#Cc1ccsc1C(=O)O.c1cc2ccc1-2. The number of carboxylic acids is 1. The standard InChI is InChI=1S/C7H4O2S.C6H4/c1-2-5-3-4-10-6(5)7(8)9;1-2-6-4-3-5(1)6/h1,3-4H,(H,8,9);1-4H. The molecule has 3 heteroatoms. The summed E-state index contributed by atoms with van der Waals surface area (Å²) in [7, 11) is 0. The quantitative estimate of drug-likeness (QED) is 0.650. The van der Waals surface area contributed by atoms with E-state index in [0.29, 0.717) is 5.56 Å². The average molecular weight is 228 g/mol. The van der Waals surface area contributed by atoms with Crippen molar-refractivity contribution in [2.45, 2.75) is 0 Å². The maximum absolute atomic E-state index is 10.4. The highest BCUT2D eigenvalue weighted by atomic mass is 32.1. The van der Waals surface area contributed by atoms with E-state index in [4.69, 9.17) is 11.5 Å². The predicted octanol–water partition coefficient (Wildman–Crippen LogP) is 3.09. The summed E-state index contributed by atoms with van der Waals surface area (Å²) in [6.45, 7) is 0. The molecule has 1 heterocycles. The van der Waals surface area contributed by atoms with Crippen LogP contribution in [-0.4, -0.2) is 11.1 Å². The van der Waals surface area contributed by atoms with Gasteiger partial charge in [0.05, 0.1) is 0 Å². The minimum absolute atomic E-state index is 0.238. The van der Waals surface area contributed by atoms with Crippen molar-refractivity contribution in [3.05, 3.63) is 46.2 Å². The summed E-state index contributed by atoms with van der Waals surface area (Å²) in [4.78, 5) is 10.6. The molecule has 0 spiro atoms. The largest absolute Gasteiger partial charge is 0.477 e. The van der Waals surface area contributed by atoms with Gasteiger partial charge >= 0.3 is 5.97 Å². The van der Waals surface area contributed by atoms with Crippen LogP contribution in [0.1, 0.15) is 15.2 Å². The number of aromatic carboxylic acids is 1. The van der Waals surface area contributed by atoms with Gasteiger partial charge in [0.2, 0.25) is 0 Å². The first-order valence-corrected chi connectivity index (χ1v) is 5.48. The third-order valence-electron chi connectivity index (χ3n) is 2.23. The van der Waals surface area contributed by atoms with Crippen LogP contribution >= 0.6 is 11.3 Å². The zero-order valence-corrected chi connectivity index (χ0v) is 9.12. The first kappa shape index (κ1) is 10.5. The molecule has 0 saturated carbocycles. The zero-order valence-electron chi connectivity index (χ0n) is 8.31. The van der Waals surface area contributed by atoms with Crippen molar-refractivity contribution in [3.8, 4) is 23.5 Å². The molecule has 3 rings (SSSR count). The van der Waals surface area contributed by atoms with Gasteiger partial charge in [-0.3, -0.25) is 0 Å². The van der Waals surface area contributed by atoms with E-state index in [1.54, 1.807) is 11.4 Å². The van der Waals surface area contributed by atoms with Crippen molar-refractivity contribution in [2.24, 2.45) is 0 Å². The number of rotatable bonds is 1. The van der Waals surface area contributed by atoms with Crippen molar-refractivity contribution in [3.63, 3.8) is 0 Å². The highest BCUT2D eigenvalue weighted by Gasteiger charge is 2.08. The van der Waals surface area contributed by atoms with Crippen molar-refractivity contribution in [2.75, 3.05) is 0 Å². The number of hydrogen-bond acceptors (Lipinski definition) is 2. The molecule has 0 atom stereocenters. The third-order valence-corrected chi connectivity index (χ3v) is 3.14. The van der Waals surface area contributed by atoms with E-state index >= 15 is 0 Å². The first-order chi connectivity index (χ1) is 7.72. The Bertz CT molecular complexity index is 537. The molecule has 78 valence electrons. The van der Waals surface area contributed by atoms with E-state index in [1.165, 1.54) is 11.1 Å². The fourth-order valence-electron chi connectivity index (χ4n) is 1.25. The molecule has 0 unspecified atom stereocenters. The van der Waals surface area contributed by atoms with Crippen molar-refractivity contribution in [1.29, 1.82) is 0 Å². The summed E-state index contributed by atoms with van der Waals surface area (Å²) in [5.74, 6) is 1.33. The number of carbonyl (C=O) groups is 1. The molecule has 0 fully saturated rings. The number of carboxylic acid groups (broad SMARTS) is 1. The van der Waals surface area contributed by atoms with Gasteiger partial charge in [0.15, 0.2) is 0 Å². The molecule has 0 aromatic carbocycles. The van der Waals surface area contributed by atoms with Crippen molar-refractivity contribution < 1.29 is 9.90 Å². The van der Waals surface area contributed by atoms with Crippen LogP contribution in [0.3, 0.4) is 0 Å². The number of fused-ring (bicyclic) bond motifs is 1. The molecule has 2 nitrogen and oxygen atoms in total. The van der Waals surface area contributed by atoms with Crippen molar-refractivity contribution in [1.82, 2.24) is 0 Å². The van der Waals surface area contributed by atoms with E-state index in [9.17, 15) is 4.79 Å². The second kappa shape index (κ2) is 4.21. The smallest absolute Gasteiger partial charge is 0.347 e. The van der Waals surface area contributed by atoms with Crippen LogP contribution in [0.25, 0.3) is 11.1 Å². The van der Waals surface area contributed by atoms with Gasteiger partial charge in [-0.2, -0.15) is 0 Å². The van der Waals surface area contributed by atoms with Crippen LogP contribution < -0.4 is 0 Å². The monoisotopic (exact) mass is 228 g/mol. The van der Waals surface area contributed by atoms with E-state index in [-0.39, 0.29) is 4.88 Å². The van der Waals surface area contributed by atoms with Crippen LogP contribution in [0.2, 0.25) is 0 Å². The Balaban J connectivity index is 0.000000134. The highest BCUT2D eigenvalue weighted by Crippen LogP contribution is 2.29. The van der Waals surface area contributed by atoms with E-state index < -0.39 is 5.97 Å². The Morgan fingerprint density at radius 1 is 1.19 bits per heavy atom. The predicted molar refractivity (Wildman–Crippen MR) is 64.6 cm³/mol. The lowest BCUT2D eigenvalue weighted by molar-refractivity contribution is 0.0702. The first-order valence-electron chi connectivity index (χ1n) is 4.60. The maximum Gasteiger partial charge on any atom is 0.347 e.